The molecule has 0 amide bonds. The van der Waals surface area contributed by atoms with Crippen LogP contribution in [0.2, 0.25) is 5.02 Å². The molecule has 0 saturated carbocycles. The molecule has 0 aliphatic heterocycles. The van der Waals surface area contributed by atoms with E-state index in [0.717, 1.165) is 16.7 Å². The van der Waals surface area contributed by atoms with Gasteiger partial charge in [-0.15, -0.1) is 0 Å². The molecular formula is C19H13ClN2O. The maximum Gasteiger partial charge on any atom is 0.268 e. The second kappa shape index (κ2) is 6.51. The molecule has 0 unspecified atom stereocenters. The second-order valence-corrected chi connectivity index (χ2v) is 5.62. The lowest BCUT2D eigenvalue weighted by Gasteiger charge is -2.10. The van der Waals surface area contributed by atoms with Crippen molar-refractivity contribution in [2.75, 3.05) is 0 Å². The highest BCUT2D eigenvalue weighted by Gasteiger charge is 2.08. The molecule has 112 valence electrons. The SMILES string of the molecule is N#Cc1cc(-c2ccc(Cl)cc2)cn(Cc2ccccc2)c1=O. The van der Waals surface area contributed by atoms with Crippen LogP contribution in [0.4, 0.5) is 0 Å². The number of aromatic nitrogens is 1. The van der Waals surface area contributed by atoms with Gasteiger partial charge in [0.1, 0.15) is 11.6 Å². The number of pyridine rings is 1. The number of hydrogen-bond acceptors (Lipinski definition) is 2. The van der Waals surface area contributed by atoms with Gasteiger partial charge in [-0.05, 0) is 34.9 Å². The van der Waals surface area contributed by atoms with E-state index in [1.165, 1.54) is 0 Å². The molecule has 3 rings (SSSR count). The summed E-state index contributed by atoms with van der Waals surface area (Å²) in [5.74, 6) is 0. The van der Waals surface area contributed by atoms with Gasteiger partial charge >= 0.3 is 0 Å². The molecule has 4 heteroatoms. The summed E-state index contributed by atoms with van der Waals surface area (Å²) in [5.41, 5.74) is 2.58. The van der Waals surface area contributed by atoms with Gasteiger partial charge in [-0.1, -0.05) is 54.1 Å². The Hall–Kier alpha value is -2.83. The minimum absolute atomic E-state index is 0.133. The van der Waals surface area contributed by atoms with Crippen molar-refractivity contribution < 1.29 is 0 Å². The zero-order valence-corrected chi connectivity index (χ0v) is 13.0. The summed E-state index contributed by atoms with van der Waals surface area (Å²) in [7, 11) is 0. The monoisotopic (exact) mass is 320 g/mol. The Morgan fingerprint density at radius 1 is 1.00 bits per heavy atom. The largest absolute Gasteiger partial charge is 0.309 e. The standard InChI is InChI=1S/C19H13ClN2O/c20-18-8-6-15(7-9-18)17-10-16(11-21)19(23)22(13-17)12-14-4-2-1-3-5-14/h1-10,13H,12H2. The highest BCUT2D eigenvalue weighted by molar-refractivity contribution is 6.30. The van der Waals surface area contributed by atoms with Gasteiger partial charge in [-0.25, -0.2) is 0 Å². The average Bonchev–Trinajstić information content (AvgIpc) is 2.58. The molecular weight excluding hydrogens is 308 g/mol. The fraction of sp³-hybridized carbons (Fsp3) is 0.0526. The predicted octanol–water partition coefficient (Wildman–Crippen LogP) is 4.09. The number of nitrogens with zero attached hydrogens (tertiary/aromatic N) is 2. The van der Waals surface area contributed by atoms with Gasteiger partial charge in [-0.3, -0.25) is 4.79 Å². The lowest BCUT2D eigenvalue weighted by Crippen LogP contribution is -2.22. The Morgan fingerprint density at radius 3 is 2.35 bits per heavy atom. The molecule has 0 atom stereocenters. The van der Waals surface area contributed by atoms with E-state index < -0.39 is 0 Å². The van der Waals surface area contributed by atoms with Gasteiger partial charge in [-0.2, -0.15) is 5.26 Å². The van der Waals surface area contributed by atoms with Crippen molar-refractivity contribution in [2.24, 2.45) is 0 Å². The number of benzene rings is 2. The van der Waals surface area contributed by atoms with E-state index in [0.29, 0.717) is 11.6 Å². The Kier molecular flexibility index (Phi) is 4.27. The molecule has 1 heterocycles. The summed E-state index contributed by atoms with van der Waals surface area (Å²) in [6.45, 7) is 0.426. The highest BCUT2D eigenvalue weighted by Crippen LogP contribution is 2.21. The van der Waals surface area contributed by atoms with E-state index >= 15 is 0 Å². The summed E-state index contributed by atoms with van der Waals surface area (Å²) < 4.78 is 1.57. The van der Waals surface area contributed by atoms with Crippen LogP contribution in [0.25, 0.3) is 11.1 Å². The zero-order chi connectivity index (χ0) is 16.2. The lowest BCUT2D eigenvalue weighted by atomic mass is 10.1. The first-order valence-corrected chi connectivity index (χ1v) is 7.49. The molecule has 0 aliphatic carbocycles. The van der Waals surface area contributed by atoms with E-state index in [4.69, 9.17) is 11.6 Å². The Balaban J connectivity index is 2.09. The molecule has 0 spiro atoms. The molecule has 2 aromatic carbocycles. The smallest absolute Gasteiger partial charge is 0.268 e. The van der Waals surface area contributed by atoms with Crippen LogP contribution in [-0.2, 0) is 6.54 Å². The number of rotatable bonds is 3. The predicted molar refractivity (Wildman–Crippen MR) is 91.4 cm³/mol. The Bertz CT molecular complexity index is 922. The molecule has 0 fully saturated rings. The van der Waals surface area contributed by atoms with Crippen molar-refractivity contribution in [2.45, 2.75) is 6.54 Å². The maximum absolute atomic E-state index is 12.4. The van der Waals surface area contributed by atoms with Gasteiger partial charge < -0.3 is 4.57 Å². The third-order valence-corrected chi connectivity index (χ3v) is 3.83. The van der Waals surface area contributed by atoms with Crippen molar-refractivity contribution in [1.82, 2.24) is 4.57 Å². The molecule has 23 heavy (non-hydrogen) atoms. The minimum Gasteiger partial charge on any atom is -0.309 e. The summed E-state index contributed by atoms with van der Waals surface area (Å²) in [6.07, 6.45) is 1.78. The fourth-order valence-electron chi connectivity index (χ4n) is 2.41. The first kappa shape index (κ1) is 15.1. The summed E-state index contributed by atoms with van der Waals surface area (Å²) in [5, 5.41) is 9.89. The molecule has 0 aliphatic rings. The first-order valence-electron chi connectivity index (χ1n) is 7.12. The van der Waals surface area contributed by atoms with Crippen LogP contribution in [0.5, 0.6) is 0 Å². The maximum atomic E-state index is 12.4. The number of hydrogen-bond donors (Lipinski definition) is 0. The van der Waals surface area contributed by atoms with Gasteiger partial charge in [0, 0.05) is 11.2 Å². The van der Waals surface area contributed by atoms with Crippen LogP contribution in [0.15, 0.2) is 71.7 Å². The Morgan fingerprint density at radius 2 is 1.70 bits per heavy atom. The van der Waals surface area contributed by atoms with E-state index in [9.17, 15) is 10.1 Å². The minimum atomic E-state index is -0.283. The second-order valence-electron chi connectivity index (χ2n) is 5.18. The summed E-state index contributed by atoms with van der Waals surface area (Å²) in [4.78, 5) is 12.4. The van der Waals surface area contributed by atoms with Crippen molar-refractivity contribution in [1.29, 1.82) is 5.26 Å². The van der Waals surface area contributed by atoms with Gasteiger partial charge in [0.05, 0.1) is 6.54 Å². The molecule has 0 saturated heterocycles. The molecule has 1 aromatic heterocycles. The molecule has 0 bridgehead atoms. The summed E-state index contributed by atoms with van der Waals surface area (Å²) in [6, 6.07) is 20.6. The van der Waals surface area contributed by atoms with Crippen LogP contribution in [-0.4, -0.2) is 4.57 Å². The van der Waals surface area contributed by atoms with Crippen LogP contribution in [0.3, 0.4) is 0 Å². The van der Waals surface area contributed by atoms with Crippen molar-refractivity contribution >= 4 is 11.6 Å². The zero-order valence-electron chi connectivity index (χ0n) is 12.2. The highest BCUT2D eigenvalue weighted by atomic mass is 35.5. The van der Waals surface area contributed by atoms with Gasteiger partial charge in [0.15, 0.2) is 0 Å². The van der Waals surface area contributed by atoms with Gasteiger partial charge in [0.25, 0.3) is 5.56 Å². The van der Waals surface area contributed by atoms with Crippen LogP contribution in [0, 0.1) is 11.3 Å². The Labute approximate surface area is 139 Å². The third-order valence-electron chi connectivity index (χ3n) is 3.58. The quantitative estimate of drug-likeness (QED) is 0.729. The van der Waals surface area contributed by atoms with E-state index in [1.54, 1.807) is 29.0 Å². The van der Waals surface area contributed by atoms with E-state index in [1.807, 2.05) is 48.5 Å². The van der Waals surface area contributed by atoms with Crippen LogP contribution >= 0.6 is 11.6 Å². The number of nitriles is 1. The van der Waals surface area contributed by atoms with Gasteiger partial charge in [0.2, 0.25) is 0 Å². The van der Waals surface area contributed by atoms with E-state index in [2.05, 4.69) is 0 Å². The molecule has 3 aromatic rings. The normalized spacial score (nSPS) is 10.3. The number of halogens is 1. The van der Waals surface area contributed by atoms with Crippen LogP contribution < -0.4 is 5.56 Å². The topological polar surface area (TPSA) is 45.8 Å². The molecule has 0 N–H and O–H groups in total. The van der Waals surface area contributed by atoms with Crippen molar-refractivity contribution in [3.8, 4) is 17.2 Å². The van der Waals surface area contributed by atoms with E-state index in [-0.39, 0.29) is 11.1 Å². The van der Waals surface area contributed by atoms with Crippen molar-refractivity contribution in [3.63, 3.8) is 0 Å². The third kappa shape index (κ3) is 3.33. The summed E-state index contributed by atoms with van der Waals surface area (Å²) >= 11 is 5.91. The van der Waals surface area contributed by atoms with Crippen molar-refractivity contribution in [3.05, 3.63) is 93.4 Å². The average molecular weight is 321 g/mol. The fourth-order valence-corrected chi connectivity index (χ4v) is 2.54. The molecule has 3 nitrogen and oxygen atoms in total. The first-order chi connectivity index (χ1) is 11.2. The van der Waals surface area contributed by atoms with Crippen LogP contribution in [0.1, 0.15) is 11.1 Å². The lowest BCUT2D eigenvalue weighted by molar-refractivity contribution is 0.758. The molecule has 0 radical (unpaired) electrons.